The Balaban J connectivity index is 1.48. The van der Waals surface area contributed by atoms with Crippen LogP contribution in [0.1, 0.15) is 42.1 Å². The fourth-order valence-corrected chi connectivity index (χ4v) is 4.93. The lowest BCUT2D eigenvalue weighted by Gasteiger charge is -2.53. The van der Waals surface area contributed by atoms with Gasteiger partial charge in [0.15, 0.2) is 5.82 Å². The molecule has 0 spiro atoms. The lowest BCUT2D eigenvalue weighted by atomic mass is 9.73. The van der Waals surface area contributed by atoms with Gasteiger partial charge in [0.2, 0.25) is 5.88 Å². The van der Waals surface area contributed by atoms with Crippen molar-refractivity contribution in [2.24, 2.45) is 5.92 Å². The third-order valence-corrected chi connectivity index (χ3v) is 6.50. The highest BCUT2D eigenvalue weighted by Gasteiger charge is 2.49. The fourth-order valence-electron chi connectivity index (χ4n) is 4.93. The van der Waals surface area contributed by atoms with E-state index in [1.165, 1.54) is 23.3 Å². The number of nitrogens with zero attached hydrogens (tertiary/aromatic N) is 5. The maximum absolute atomic E-state index is 14.7. The molecule has 7 nitrogen and oxygen atoms in total. The summed E-state index contributed by atoms with van der Waals surface area (Å²) in [6.45, 7) is 4.05. The minimum Gasteiger partial charge on any atom is -0.472 e. The second-order valence-corrected chi connectivity index (χ2v) is 8.38. The predicted octanol–water partition coefficient (Wildman–Crippen LogP) is 3.57. The van der Waals surface area contributed by atoms with Crippen LogP contribution in [-0.2, 0) is 0 Å². The Morgan fingerprint density at radius 2 is 1.97 bits per heavy atom. The number of piperidine rings is 2. The summed E-state index contributed by atoms with van der Waals surface area (Å²) >= 11 is 0. The third-order valence-electron chi connectivity index (χ3n) is 6.50. The second kappa shape index (κ2) is 7.76. The van der Waals surface area contributed by atoms with Crippen LogP contribution in [0.5, 0.6) is 5.88 Å². The van der Waals surface area contributed by atoms with Crippen molar-refractivity contribution in [3.8, 4) is 11.6 Å². The van der Waals surface area contributed by atoms with Gasteiger partial charge < -0.3 is 9.64 Å². The maximum Gasteiger partial charge on any atom is 0.256 e. The number of fused-ring (bicyclic) bond motifs is 3. The van der Waals surface area contributed by atoms with Crippen LogP contribution in [0, 0.1) is 18.7 Å². The molecule has 4 heterocycles. The highest BCUT2D eigenvalue weighted by atomic mass is 19.1. The number of amides is 1. The number of carbonyl (C=O) groups is 1. The van der Waals surface area contributed by atoms with Crippen LogP contribution in [-0.4, -0.2) is 49.0 Å². The molecule has 3 aliphatic rings. The number of aryl methyl sites for hydroxylation is 1. The number of hydrogen-bond acceptors (Lipinski definition) is 5. The number of hydrogen-bond donors (Lipinski definition) is 0. The molecular weight excluding hydrogens is 397 g/mol. The van der Waals surface area contributed by atoms with Gasteiger partial charge in [-0.3, -0.25) is 4.79 Å². The van der Waals surface area contributed by atoms with Crippen LogP contribution in [0.4, 0.5) is 4.39 Å². The maximum atomic E-state index is 14.7. The average molecular weight is 421 g/mol. The molecular formula is C23H24FN5O2. The zero-order valence-corrected chi connectivity index (χ0v) is 17.5. The van der Waals surface area contributed by atoms with Crippen molar-refractivity contribution in [1.29, 1.82) is 0 Å². The number of carbonyl (C=O) groups excluding carboxylic acids is 1. The topological polar surface area (TPSA) is 73.1 Å². The summed E-state index contributed by atoms with van der Waals surface area (Å²) in [7, 11) is 0. The fraction of sp³-hybridized carbons (Fsp3) is 0.391. The molecule has 2 aromatic heterocycles. The summed E-state index contributed by atoms with van der Waals surface area (Å²) in [4.78, 5) is 21.1. The lowest BCUT2D eigenvalue weighted by molar-refractivity contribution is -0.0598. The normalized spacial score (nSPS) is 24.9. The van der Waals surface area contributed by atoms with Gasteiger partial charge in [-0.25, -0.2) is 9.37 Å². The van der Waals surface area contributed by atoms with Gasteiger partial charge in [0, 0.05) is 18.3 Å². The molecule has 1 amide bonds. The van der Waals surface area contributed by atoms with Crippen molar-refractivity contribution in [3.63, 3.8) is 0 Å². The Labute approximate surface area is 179 Å². The number of pyridine rings is 1. The monoisotopic (exact) mass is 421 g/mol. The van der Waals surface area contributed by atoms with Gasteiger partial charge in [-0.1, -0.05) is 12.1 Å². The van der Waals surface area contributed by atoms with E-state index in [0.29, 0.717) is 11.8 Å². The standard InChI is InChI=1S/C23H24FN5O2/c1-14-6-9-21(25-13-14)31-20-12-16-7-8-19(20)28(15(16)2)23(30)17-4-3-5-18(24)22(17)29-26-10-11-27-29/h3-6,9-11,13,15-16,19-20H,7-8,12H2,1-2H3. The van der Waals surface area contributed by atoms with Gasteiger partial charge in [0.25, 0.3) is 5.91 Å². The molecule has 160 valence electrons. The third kappa shape index (κ3) is 3.45. The molecule has 3 aromatic rings. The number of para-hydroxylation sites is 1. The molecule has 3 fully saturated rings. The Morgan fingerprint density at radius 1 is 1.16 bits per heavy atom. The van der Waals surface area contributed by atoms with Gasteiger partial charge in [-0.15, -0.1) is 4.80 Å². The minimum atomic E-state index is -0.534. The number of halogens is 1. The molecule has 1 aliphatic carbocycles. The van der Waals surface area contributed by atoms with E-state index in [9.17, 15) is 9.18 Å². The molecule has 31 heavy (non-hydrogen) atoms. The summed E-state index contributed by atoms with van der Waals surface area (Å²) in [5, 5.41) is 8.08. The summed E-state index contributed by atoms with van der Waals surface area (Å²) in [6, 6.07) is 8.27. The molecule has 0 radical (unpaired) electrons. The van der Waals surface area contributed by atoms with E-state index in [0.717, 1.165) is 24.8 Å². The van der Waals surface area contributed by atoms with Gasteiger partial charge in [-0.05, 0) is 56.7 Å². The number of rotatable bonds is 4. The molecule has 2 bridgehead atoms. The lowest BCUT2D eigenvalue weighted by Crippen LogP contribution is -2.63. The van der Waals surface area contributed by atoms with E-state index in [-0.39, 0.29) is 35.3 Å². The van der Waals surface area contributed by atoms with E-state index in [4.69, 9.17) is 4.74 Å². The average Bonchev–Trinajstić information content (AvgIpc) is 3.30. The van der Waals surface area contributed by atoms with Crippen LogP contribution < -0.4 is 4.74 Å². The minimum absolute atomic E-state index is 0.0405. The first-order valence-electron chi connectivity index (χ1n) is 10.6. The van der Waals surface area contributed by atoms with Crippen molar-refractivity contribution in [3.05, 3.63) is 65.9 Å². The molecule has 4 unspecified atom stereocenters. The van der Waals surface area contributed by atoms with E-state index in [2.05, 4.69) is 22.1 Å². The molecule has 1 aromatic carbocycles. The summed E-state index contributed by atoms with van der Waals surface area (Å²) in [5.74, 6) is 0.132. The van der Waals surface area contributed by atoms with Gasteiger partial charge in [0.05, 0.1) is 24.0 Å². The van der Waals surface area contributed by atoms with E-state index in [1.54, 1.807) is 18.3 Å². The predicted molar refractivity (Wildman–Crippen MR) is 111 cm³/mol. The second-order valence-electron chi connectivity index (χ2n) is 8.38. The van der Waals surface area contributed by atoms with Crippen molar-refractivity contribution < 1.29 is 13.9 Å². The van der Waals surface area contributed by atoms with Crippen molar-refractivity contribution >= 4 is 5.91 Å². The quantitative estimate of drug-likeness (QED) is 0.644. The SMILES string of the molecule is Cc1ccc(OC2CC3CCC2N(C(=O)c2cccc(F)c2-n2nccn2)C3C)nc1. The van der Waals surface area contributed by atoms with E-state index >= 15 is 0 Å². The Morgan fingerprint density at radius 3 is 2.71 bits per heavy atom. The summed E-state index contributed by atoms with van der Waals surface area (Å²) in [6.07, 6.45) is 7.33. The first-order chi connectivity index (χ1) is 15.0. The van der Waals surface area contributed by atoms with Crippen LogP contribution in [0.2, 0.25) is 0 Å². The van der Waals surface area contributed by atoms with E-state index in [1.807, 2.05) is 24.0 Å². The smallest absolute Gasteiger partial charge is 0.256 e. The molecule has 2 aliphatic heterocycles. The Hall–Kier alpha value is -3.29. The molecule has 8 heteroatoms. The zero-order chi connectivity index (χ0) is 21.5. The Kier molecular flexibility index (Phi) is 4.92. The van der Waals surface area contributed by atoms with Gasteiger partial charge >= 0.3 is 0 Å². The van der Waals surface area contributed by atoms with E-state index < -0.39 is 5.82 Å². The molecule has 1 saturated carbocycles. The number of aromatic nitrogens is 4. The van der Waals surface area contributed by atoms with Crippen LogP contribution in [0.15, 0.2) is 48.9 Å². The first kappa shape index (κ1) is 19.7. The van der Waals surface area contributed by atoms with Crippen LogP contribution in [0.25, 0.3) is 5.69 Å². The largest absolute Gasteiger partial charge is 0.472 e. The van der Waals surface area contributed by atoms with Gasteiger partial charge in [0.1, 0.15) is 11.8 Å². The highest BCUT2D eigenvalue weighted by Crippen LogP contribution is 2.42. The number of benzene rings is 1. The molecule has 6 rings (SSSR count). The zero-order valence-electron chi connectivity index (χ0n) is 17.5. The Bertz CT molecular complexity index is 1090. The van der Waals surface area contributed by atoms with Crippen LogP contribution in [0.3, 0.4) is 0 Å². The summed E-state index contributed by atoms with van der Waals surface area (Å²) < 4.78 is 20.9. The van der Waals surface area contributed by atoms with Crippen molar-refractivity contribution in [2.45, 2.75) is 51.3 Å². The number of ether oxygens (including phenoxy) is 1. The van der Waals surface area contributed by atoms with Crippen molar-refractivity contribution in [1.82, 2.24) is 24.9 Å². The molecule has 2 saturated heterocycles. The highest BCUT2D eigenvalue weighted by molar-refractivity contribution is 5.98. The molecule has 0 N–H and O–H groups in total. The van der Waals surface area contributed by atoms with Gasteiger partial charge in [-0.2, -0.15) is 10.2 Å². The van der Waals surface area contributed by atoms with Crippen molar-refractivity contribution in [2.75, 3.05) is 0 Å². The van der Waals surface area contributed by atoms with Crippen LogP contribution >= 0.6 is 0 Å². The molecule has 4 atom stereocenters. The summed E-state index contributed by atoms with van der Waals surface area (Å²) in [5.41, 5.74) is 1.39. The first-order valence-corrected chi connectivity index (χ1v) is 10.6.